The van der Waals surface area contributed by atoms with E-state index in [4.69, 9.17) is 9.47 Å². The van der Waals surface area contributed by atoms with E-state index in [0.717, 1.165) is 29.7 Å². The number of hydrogen-bond donors (Lipinski definition) is 1. The van der Waals surface area contributed by atoms with Crippen molar-refractivity contribution in [2.24, 2.45) is 11.8 Å². The predicted molar refractivity (Wildman–Crippen MR) is 125 cm³/mol. The fourth-order valence-corrected chi connectivity index (χ4v) is 4.44. The van der Waals surface area contributed by atoms with Crippen LogP contribution in [0.4, 0.5) is 0 Å². The standard InChI is InChI=1S/C28H30O3/c1-30-26-17-9-11-21(18-26)10-8-16-24-19-25(27(29)22-12-4-2-5-13-22)20-31-28(24)23-14-6-3-7-15-23/h2-15,17-18,24-25,27-29H,16,19-20H2,1H3/b10-8+/t24-,25+,27-,28+/m0/s1. The van der Waals surface area contributed by atoms with E-state index >= 15 is 0 Å². The van der Waals surface area contributed by atoms with Crippen molar-refractivity contribution in [3.05, 3.63) is 108 Å². The highest BCUT2D eigenvalue weighted by atomic mass is 16.5. The maximum atomic E-state index is 11.0. The summed E-state index contributed by atoms with van der Waals surface area (Å²) in [7, 11) is 1.69. The highest BCUT2D eigenvalue weighted by Crippen LogP contribution is 2.42. The number of aliphatic hydroxyl groups is 1. The van der Waals surface area contributed by atoms with E-state index in [1.54, 1.807) is 7.11 Å². The molecule has 0 unspecified atom stereocenters. The molecule has 0 spiro atoms. The molecule has 0 amide bonds. The van der Waals surface area contributed by atoms with Gasteiger partial charge in [0, 0.05) is 5.92 Å². The van der Waals surface area contributed by atoms with Crippen molar-refractivity contribution in [1.29, 1.82) is 0 Å². The number of methoxy groups -OCH3 is 1. The molecule has 3 heteroatoms. The van der Waals surface area contributed by atoms with Crippen LogP contribution in [0.2, 0.25) is 0 Å². The Balaban J connectivity index is 1.51. The van der Waals surface area contributed by atoms with Gasteiger partial charge in [0.25, 0.3) is 0 Å². The van der Waals surface area contributed by atoms with E-state index < -0.39 is 6.10 Å². The molecule has 0 bridgehead atoms. The van der Waals surface area contributed by atoms with Crippen LogP contribution < -0.4 is 4.74 Å². The lowest BCUT2D eigenvalue weighted by Crippen LogP contribution is -2.32. The van der Waals surface area contributed by atoms with Crippen molar-refractivity contribution in [1.82, 2.24) is 0 Å². The second-order valence-electron chi connectivity index (χ2n) is 8.19. The van der Waals surface area contributed by atoms with Crippen molar-refractivity contribution >= 4 is 6.08 Å². The maximum Gasteiger partial charge on any atom is 0.119 e. The van der Waals surface area contributed by atoms with Crippen LogP contribution in [0.5, 0.6) is 5.75 Å². The molecule has 0 radical (unpaired) electrons. The summed E-state index contributed by atoms with van der Waals surface area (Å²) in [5.41, 5.74) is 3.28. The first-order valence-electron chi connectivity index (χ1n) is 10.9. The average molecular weight is 415 g/mol. The zero-order chi connectivity index (χ0) is 21.5. The van der Waals surface area contributed by atoms with E-state index in [1.807, 2.05) is 54.6 Å². The molecule has 1 aliphatic heterocycles. The Morgan fingerprint density at radius 3 is 2.48 bits per heavy atom. The smallest absolute Gasteiger partial charge is 0.119 e. The van der Waals surface area contributed by atoms with E-state index in [1.165, 1.54) is 5.56 Å². The van der Waals surface area contributed by atoms with Gasteiger partial charge in [-0.1, -0.05) is 84.9 Å². The first-order chi connectivity index (χ1) is 15.2. The van der Waals surface area contributed by atoms with Gasteiger partial charge in [-0.05, 0) is 47.6 Å². The number of aliphatic hydroxyl groups excluding tert-OH is 1. The fourth-order valence-electron chi connectivity index (χ4n) is 4.44. The van der Waals surface area contributed by atoms with Crippen molar-refractivity contribution < 1.29 is 14.6 Å². The molecule has 31 heavy (non-hydrogen) atoms. The van der Waals surface area contributed by atoms with Gasteiger partial charge in [0.2, 0.25) is 0 Å². The van der Waals surface area contributed by atoms with Crippen molar-refractivity contribution in [3.8, 4) is 5.75 Å². The monoisotopic (exact) mass is 414 g/mol. The average Bonchev–Trinajstić information content (AvgIpc) is 2.85. The zero-order valence-electron chi connectivity index (χ0n) is 17.9. The predicted octanol–water partition coefficient (Wildman–Crippen LogP) is 6.23. The second-order valence-corrected chi connectivity index (χ2v) is 8.19. The van der Waals surface area contributed by atoms with Crippen LogP contribution in [0.15, 0.2) is 91.0 Å². The van der Waals surface area contributed by atoms with Gasteiger partial charge in [-0.25, -0.2) is 0 Å². The summed E-state index contributed by atoms with van der Waals surface area (Å²) in [5.74, 6) is 1.23. The Hall–Kier alpha value is -2.88. The number of rotatable bonds is 7. The van der Waals surface area contributed by atoms with Crippen molar-refractivity contribution in [3.63, 3.8) is 0 Å². The molecule has 3 aromatic carbocycles. The lowest BCUT2D eigenvalue weighted by molar-refractivity contribution is -0.0900. The van der Waals surface area contributed by atoms with E-state index in [9.17, 15) is 5.11 Å². The van der Waals surface area contributed by atoms with Crippen LogP contribution in [-0.4, -0.2) is 18.8 Å². The number of allylic oxidation sites excluding steroid dienone is 1. The first-order valence-corrected chi connectivity index (χ1v) is 10.9. The van der Waals surface area contributed by atoms with Crippen molar-refractivity contribution in [2.75, 3.05) is 13.7 Å². The molecule has 1 aliphatic rings. The third kappa shape index (κ3) is 5.43. The van der Waals surface area contributed by atoms with E-state index in [-0.39, 0.29) is 12.0 Å². The minimum Gasteiger partial charge on any atom is -0.497 e. The summed E-state index contributed by atoms with van der Waals surface area (Å²) < 4.78 is 11.7. The molecular weight excluding hydrogens is 384 g/mol. The van der Waals surface area contributed by atoms with Crippen LogP contribution in [0, 0.1) is 11.8 Å². The largest absolute Gasteiger partial charge is 0.497 e. The summed E-state index contributed by atoms with van der Waals surface area (Å²) in [6.45, 7) is 0.561. The van der Waals surface area contributed by atoms with Crippen molar-refractivity contribution in [2.45, 2.75) is 25.0 Å². The molecule has 160 valence electrons. The van der Waals surface area contributed by atoms with Gasteiger partial charge >= 0.3 is 0 Å². The summed E-state index contributed by atoms with van der Waals surface area (Å²) in [4.78, 5) is 0. The van der Waals surface area contributed by atoms with Crippen LogP contribution >= 0.6 is 0 Å². The number of ether oxygens (including phenoxy) is 2. The van der Waals surface area contributed by atoms with Gasteiger partial charge in [-0.3, -0.25) is 0 Å². The minimum absolute atomic E-state index is 0.0374. The highest BCUT2D eigenvalue weighted by molar-refractivity contribution is 5.51. The van der Waals surface area contributed by atoms with Gasteiger partial charge < -0.3 is 14.6 Å². The molecule has 0 aliphatic carbocycles. The Kier molecular flexibility index (Phi) is 7.18. The minimum atomic E-state index is -0.511. The second kappa shape index (κ2) is 10.4. The lowest BCUT2D eigenvalue weighted by Gasteiger charge is -2.38. The quantitative estimate of drug-likeness (QED) is 0.498. The molecule has 3 nitrogen and oxygen atoms in total. The van der Waals surface area contributed by atoms with Crippen LogP contribution in [0.3, 0.4) is 0 Å². The molecule has 4 atom stereocenters. The molecular formula is C28H30O3. The van der Waals surface area contributed by atoms with Gasteiger partial charge in [-0.15, -0.1) is 0 Å². The third-order valence-electron chi connectivity index (χ3n) is 6.08. The highest BCUT2D eigenvalue weighted by Gasteiger charge is 2.35. The van der Waals surface area contributed by atoms with Crippen LogP contribution in [0.25, 0.3) is 6.08 Å². The fraction of sp³-hybridized carbons (Fsp3) is 0.286. The number of hydrogen-bond acceptors (Lipinski definition) is 3. The van der Waals surface area contributed by atoms with Crippen LogP contribution in [0.1, 0.15) is 41.7 Å². The lowest BCUT2D eigenvalue weighted by atomic mass is 9.79. The zero-order valence-corrected chi connectivity index (χ0v) is 17.9. The molecule has 4 rings (SSSR count). The summed E-state index contributed by atoms with van der Waals surface area (Å²) in [6.07, 6.45) is 5.68. The summed E-state index contributed by atoms with van der Waals surface area (Å²) in [5, 5.41) is 11.0. The molecule has 1 N–H and O–H groups in total. The van der Waals surface area contributed by atoms with Gasteiger partial charge in [0.15, 0.2) is 0 Å². The topological polar surface area (TPSA) is 38.7 Å². The summed E-state index contributed by atoms with van der Waals surface area (Å²) >= 11 is 0. The van der Waals surface area contributed by atoms with Gasteiger partial charge in [0.05, 0.1) is 25.9 Å². The Morgan fingerprint density at radius 2 is 1.74 bits per heavy atom. The Labute approximate surface area is 185 Å². The molecule has 1 saturated heterocycles. The normalized spacial score (nSPS) is 22.3. The first kappa shape index (κ1) is 21.4. The van der Waals surface area contributed by atoms with Crippen LogP contribution in [-0.2, 0) is 4.74 Å². The SMILES string of the molecule is COc1cccc(/C=C/C[C@H]2C[C@@H]([C@@H](O)c3ccccc3)CO[C@@H]2c2ccccc2)c1. The summed E-state index contributed by atoms with van der Waals surface area (Å²) in [6, 6.07) is 28.4. The maximum absolute atomic E-state index is 11.0. The van der Waals surface area contributed by atoms with Gasteiger partial charge in [0.1, 0.15) is 5.75 Å². The molecule has 0 saturated carbocycles. The van der Waals surface area contributed by atoms with E-state index in [2.05, 4.69) is 42.5 Å². The Bertz CT molecular complexity index is 968. The molecule has 1 fully saturated rings. The third-order valence-corrected chi connectivity index (χ3v) is 6.08. The van der Waals surface area contributed by atoms with E-state index in [0.29, 0.717) is 12.5 Å². The van der Waals surface area contributed by atoms with Gasteiger partial charge in [-0.2, -0.15) is 0 Å². The molecule has 3 aromatic rings. The Morgan fingerprint density at radius 1 is 1.00 bits per heavy atom. The molecule has 0 aromatic heterocycles. The molecule has 1 heterocycles. The number of benzene rings is 3.